The Bertz CT molecular complexity index is 329. The molecule has 0 unspecified atom stereocenters. The van der Waals surface area contributed by atoms with Crippen LogP contribution in [0.15, 0.2) is 36.4 Å². The molecule has 1 aromatic rings. The van der Waals surface area contributed by atoms with Crippen molar-refractivity contribution in [2.75, 3.05) is 6.61 Å². The number of hydrogen-bond acceptors (Lipinski definition) is 2. The topological polar surface area (TPSA) is 29.5 Å². The van der Waals surface area contributed by atoms with Gasteiger partial charge in [-0.25, -0.2) is 0 Å². The third-order valence-corrected chi connectivity index (χ3v) is 2.14. The summed E-state index contributed by atoms with van der Waals surface area (Å²) >= 11 is 0. The highest BCUT2D eigenvalue weighted by molar-refractivity contribution is 5.29. The largest absolute Gasteiger partial charge is 0.493 e. The first-order valence-electron chi connectivity index (χ1n) is 5.15. The highest BCUT2D eigenvalue weighted by atomic mass is 16.5. The van der Waals surface area contributed by atoms with Crippen LogP contribution in [0.2, 0.25) is 0 Å². The Morgan fingerprint density at radius 3 is 2.87 bits per heavy atom. The van der Waals surface area contributed by atoms with Crippen LogP contribution in [-0.2, 0) is 0 Å². The molecule has 2 nitrogen and oxygen atoms in total. The average molecular weight is 206 g/mol. The predicted molar refractivity (Wildman–Crippen MR) is 62.0 cm³/mol. The van der Waals surface area contributed by atoms with Gasteiger partial charge in [-0.2, -0.15) is 0 Å². The summed E-state index contributed by atoms with van der Waals surface area (Å²) < 4.78 is 5.54. The standard InChI is InChI=1S/C13H18O2/c1-10(2)7-8-15-13-6-4-5-12(9-13)11(3)14/h4-6,9,11,14H,1,7-8H2,2-3H3/t11-/m0/s1. The molecule has 15 heavy (non-hydrogen) atoms. The first-order chi connectivity index (χ1) is 7.09. The minimum Gasteiger partial charge on any atom is -0.493 e. The van der Waals surface area contributed by atoms with Crippen molar-refractivity contribution in [2.45, 2.75) is 26.4 Å². The number of hydrogen-bond donors (Lipinski definition) is 1. The predicted octanol–water partition coefficient (Wildman–Crippen LogP) is 3.08. The lowest BCUT2D eigenvalue weighted by Crippen LogP contribution is -1.98. The number of ether oxygens (including phenoxy) is 1. The van der Waals surface area contributed by atoms with Crippen LogP contribution in [-0.4, -0.2) is 11.7 Å². The smallest absolute Gasteiger partial charge is 0.119 e. The maximum Gasteiger partial charge on any atom is 0.119 e. The summed E-state index contributed by atoms with van der Waals surface area (Å²) in [6.45, 7) is 8.17. The molecular weight excluding hydrogens is 188 g/mol. The van der Waals surface area contributed by atoms with Crippen LogP contribution < -0.4 is 4.74 Å². The Morgan fingerprint density at radius 2 is 2.27 bits per heavy atom. The van der Waals surface area contributed by atoms with Crippen molar-refractivity contribution in [3.63, 3.8) is 0 Å². The van der Waals surface area contributed by atoms with Crippen molar-refractivity contribution in [1.29, 1.82) is 0 Å². The first-order valence-corrected chi connectivity index (χ1v) is 5.15. The van der Waals surface area contributed by atoms with E-state index in [0.717, 1.165) is 23.3 Å². The number of benzene rings is 1. The first kappa shape index (κ1) is 11.8. The summed E-state index contributed by atoms with van der Waals surface area (Å²) in [7, 11) is 0. The highest BCUT2D eigenvalue weighted by Crippen LogP contribution is 2.19. The zero-order chi connectivity index (χ0) is 11.3. The Kier molecular flexibility index (Phi) is 4.37. The molecule has 0 saturated heterocycles. The molecule has 0 saturated carbocycles. The lowest BCUT2D eigenvalue weighted by Gasteiger charge is -2.09. The second kappa shape index (κ2) is 5.56. The van der Waals surface area contributed by atoms with Crippen LogP contribution in [0.4, 0.5) is 0 Å². The molecule has 0 aliphatic rings. The summed E-state index contributed by atoms with van der Waals surface area (Å²) in [6, 6.07) is 7.53. The molecule has 82 valence electrons. The summed E-state index contributed by atoms with van der Waals surface area (Å²) in [6.07, 6.45) is 0.411. The quantitative estimate of drug-likeness (QED) is 0.750. The normalized spacial score (nSPS) is 12.2. The second-order valence-electron chi connectivity index (χ2n) is 3.80. The summed E-state index contributed by atoms with van der Waals surface area (Å²) in [4.78, 5) is 0. The van der Waals surface area contributed by atoms with E-state index in [1.807, 2.05) is 31.2 Å². The van der Waals surface area contributed by atoms with Gasteiger partial charge in [0.05, 0.1) is 12.7 Å². The van der Waals surface area contributed by atoms with Crippen molar-refractivity contribution >= 4 is 0 Å². The van der Waals surface area contributed by atoms with E-state index >= 15 is 0 Å². The van der Waals surface area contributed by atoms with Crippen LogP contribution >= 0.6 is 0 Å². The van der Waals surface area contributed by atoms with Gasteiger partial charge < -0.3 is 9.84 Å². The van der Waals surface area contributed by atoms with Crippen LogP contribution in [0.3, 0.4) is 0 Å². The summed E-state index contributed by atoms with van der Waals surface area (Å²) in [5, 5.41) is 9.39. The molecular formula is C13H18O2. The molecule has 1 aromatic carbocycles. The van der Waals surface area contributed by atoms with Gasteiger partial charge in [0.15, 0.2) is 0 Å². The van der Waals surface area contributed by atoms with Gasteiger partial charge in [-0.3, -0.25) is 0 Å². The molecule has 1 N–H and O–H groups in total. The van der Waals surface area contributed by atoms with Crippen LogP contribution in [0.1, 0.15) is 31.9 Å². The van der Waals surface area contributed by atoms with Crippen LogP contribution in [0.25, 0.3) is 0 Å². The number of rotatable bonds is 5. The van der Waals surface area contributed by atoms with Crippen LogP contribution in [0.5, 0.6) is 5.75 Å². The zero-order valence-electron chi connectivity index (χ0n) is 9.36. The van der Waals surface area contributed by atoms with E-state index < -0.39 is 6.10 Å². The van der Waals surface area contributed by atoms with Gasteiger partial charge in [0, 0.05) is 6.42 Å². The van der Waals surface area contributed by atoms with Gasteiger partial charge >= 0.3 is 0 Å². The molecule has 0 spiro atoms. The molecule has 0 bridgehead atoms. The molecule has 0 aromatic heterocycles. The summed E-state index contributed by atoms with van der Waals surface area (Å²) in [5.74, 6) is 0.801. The maximum atomic E-state index is 9.39. The molecule has 0 fully saturated rings. The van der Waals surface area contributed by atoms with Crippen LogP contribution in [0, 0.1) is 0 Å². The second-order valence-corrected chi connectivity index (χ2v) is 3.80. The minimum absolute atomic E-state index is 0.449. The lowest BCUT2D eigenvalue weighted by atomic mass is 10.1. The third kappa shape index (κ3) is 4.17. The molecule has 0 aliphatic heterocycles. The molecule has 1 rings (SSSR count). The molecule has 0 amide bonds. The fraction of sp³-hybridized carbons (Fsp3) is 0.385. The molecule has 2 heteroatoms. The van der Waals surface area contributed by atoms with Gasteiger partial charge in [0.25, 0.3) is 0 Å². The van der Waals surface area contributed by atoms with E-state index in [0.29, 0.717) is 6.61 Å². The van der Waals surface area contributed by atoms with E-state index in [1.54, 1.807) is 6.92 Å². The van der Waals surface area contributed by atoms with Gasteiger partial charge in [-0.1, -0.05) is 17.7 Å². The van der Waals surface area contributed by atoms with E-state index in [-0.39, 0.29) is 0 Å². The minimum atomic E-state index is -0.449. The van der Waals surface area contributed by atoms with Gasteiger partial charge in [-0.05, 0) is 31.5 Å². The molecule has 0 aliphatic carbocycles. The Morgan fingerprint density at radius 1 is 1.53 bits per heavy atom. The van der Waals surface area contributed by atoms with Gasteiger partial charge in [-0.15, -0.1) is 6.58 Å². The lowest BCUT2D eigenvalue weighted by molar-refractivity contribution is 0.198. The van der Waals surface area contributed by atoms with E-state index in [9.17, 15) is 5.11 Å². The molecule has 0 heterocycles. The Balaban J connectivity index is 2.54. The maximum absolute atomic E-state index is 9.39. The number of aliphatic hydroxyl groups is 1. The molecule has 1 atom stereocenters. The summed E-state index contributed by atoms with van der Waals surface area (Å²) in [5.41, 5.74) is 1.99. The van der Waals surface area contributed by atoms with E-state index in [4.69, 9.17) is 4.74 Å². The Hall–Kier alpha value is -1.28. The van der Waals surface area contributed by atoms with E-state index in [2.05, 4.69) is 6.58 Å². The van der Waals surface area contributed by atoms with E-state index in [1.165, 1.54) is 0 Å². The fourth-order valence-electron chi connectivity index (χ4n) is 1.21. The van der Waals surface area contributed by atoms with Crippen molar-refractivity contribution < 1.29 is 9.84 Å². The zero-order valence-corrected chi connectivity index (χ0v) is 9.36. The van der Waals surface area contributed by atoms with Crippen molar-refractivity contribution in [1.82, 2.24) is 0 Å². The fourth-order valence-corrected chi connectivity index (χ4v) is 1.21. The van der Waals surface area contributed by atoms with Gasteiger partial charge in [0.2, 0.25) is 0 Å². The van der Waals surface area contributed by atoms with Crippen molar-refractivity contribution in [2.24, 2.45) is 0 Å². The number of aliphatic hydroxyl groups excluding tert-OH is 1. The average Bonchev–Trinajstić information content (AvgIpc) is 2.17. The monoisotopic (exact) mass is 206 g/mol. The highest BCUT2D eigenvalue weighted by Gasteiger charge is 2.01. The Labute approximate surface area is 91.2 Å². The van der Waals surface area contributed by atoms with Crippen molar-refractivity contribution in [3.05, 3.63) is 42.0 Å². The third-order valence-electron chi connectivity index (χ3n) is 2.14. The van der Waals surface area contributed by atoms with Gasteiger partial charge in [0.1, 0.15) is 5.75 Å². The molecule has 0 radical (unpaired) electrons. The van der Waals surface area contributed by atoms with Crippen molar-refractivity contribution in [3.8, 4) is 5.75 Å². The SMILES string of the molecule is C=C(C)CCOc1cccc([C@H](C)O)c1.